The molecule has 0 saturated carbocycles. The second kappa shape index (κ2) is 9.10. The minimum absolute atomic E-state index is 0.427. The summed E-state index contributed by atoms with van der Waals surface area (Å²) in [6.07, 6.45) is 5.82. The molecule has 136 valence electrons. The average Bonchev–Trinajstić information content (AvgIpc) is 2.67. The molecule has 0 fully saturated rings. The summed E-state index contributed by atoms with van der Waals surface area (Å²) in [6.45, 7) is 4.35. The van der Waals surface area contributed by atoms with E-state index >= 15 is 0 Å². The van der Waals surface area contributed by atoms with E-state index < -0.39 is 0 Å². The molecule has 0 spiro atoms. The normalized spacial score (nSPS) is 10.9. The number of benzene rings is 2. The fourth-order valence-corrected chi connectivity index (χ4v) is 3.00. The van der Waals surface area contributed by atoms with Gasteiger partial charge in [-0.25, -0.2) is 0 Å². The van der Waals surface area contributed by atoms with Gasteiger partial charge in [-0.3, -0.25) is 4.98 Å². The van der Waals surface area contributed by atoms with Gasteiger partial charge in [0.2, 0.25) is 0 Å². The van der Waals surface area contributed by atoms with Crippen molar-refractivity contribution >= 4 is 40.9 Å². The summed E-state index contributed by atoms with van der Waals surface area (Å²) in [5.41, 5.74) is 5.23. The predicted molar refractivity (Wildman–Crippen MR) is 120 cm³/mol. The molecule has 1 heterocycles. The van der Waals surface area contributed by atoms with Crippen LogP contribution in [0.3, 0.4) is 0 Å². The summed E-state index contributed by atoms with van der Waals surface area (Å²) < 4.78 is 0. The lowest BCUT2D eigenvalue weighted by Crippen LogP contribution is -2.20. The van der Waals surface area contributed by atoms with E-state index in [1.807, 2.05) is 54.6 Å². The van der Waals surface area contributed by atoms with Crippen LogP contribution in [0.5, 0.6) is 0 Å². The number of anilines is 2. The Morgan fingerprint density at radius 2 is 1.74 bits per heavy atom. The van der Waals surface area contributed by atoms with Gasteiger partial charge in [0.05, 0.1) is 5.69 Å². The molecule has 0 saturated heterocycles. The molecular weight excluding hydrogens is 350 g/mol. The molecule has 0 aliphatic rings. The summed E-state index contributed by atoms with van der Waals surface area (Å²) in [4.78, 5) is 4.30. The lowest BCUT2D eigenvalue weighted by molar-refractivity contribution is 0.869. The van der Waals surface area contributed by atoms with E-state index in [4.69, 9.17) is 12.2 Å². The topological polar surface area (TPSA) is 37.0 Å². The first-order chi connectivity index (χ1) is 13.1. The van der Waals surface area contributed by atoms with Crippen LogP contribution in [0.4, 0.5) is 11.4 Å². The Labute approximate surface area is 166 Å². The lowest BCUT2D eigenvalue weighted by Gasteiger charge is -2.16. The SMILES string of the molecule is CC(C)c1ccccc1NC(=S)Nc1cccc(C=Cc2ccccn2)c1. The highest BCUT2D eigenvalue weighted by Crippen LogP contribution is 2.24. The van der Waals surface area contributed by atoms with Gasteiger partial charge in [0.25, 0.3) is 0 Å². The predicted octanol–water partition coefficient (Wildman–Crippen LogP) is 6.18. The Balaban J connectivity index is 1.68. The second-order valence-electron chi connectivity index (χ2n) is 6.53. The van der Waals surface area contributed by atoms with E-state index in [1.165, 1.54) is 5.56 Å². The number of hydrogen-bond acceptors (Lipinski definition) is 2. The van der Waals surface area contributed by atoms with Crippen molar-refractivity contribution in [2.75, 3.05) is 10.6 Å². The molecule has 0 atom stereocenters. The molecular formula is C23H23N3S. The molecule has 0 radical (unpaired) electrons. The molecule has 0 aliphatic carbocycles. The molecule has 2 aromatic carbocycles. The van der Waals surface area contributed by atoms with Gasteiger partial charge in [0.15, 0.2) is 5.11 Å². The third kappa shape index (κ3) is 5.50. The number of pyridine rings is 1. The standard InChI is InChI=1S/C23H23N3S/c1-17(2)21-11-3-4-12-22(21)26-23(27)25-20-10-7-8-18(16-20)13-14-19-9-5-6-15-24-19/h3-17H,1-2H3,(H2,25,26,27). The third-order valence-corrected chi connectivity index (χ3v) is 4.31. The van der Waals surface area contributed by atoms with Gasteiger partial charge in [0, 0.05) is 17.6 Å². The summed E-state index contributed by atoms with van der Waals surface area (Å²) >= 11 is 5.50. The zero-order valence-electron chi connectivity index (χ0n) is 15.5. The Morgan fingerprint density at radius 3 is 2.52 bits per heavy atom. The van der Waals surface area contributed by atoms with Gasteiger partial charge in [0.1, 0.15) is 0 Å². The van der Waals surface area contributed by atoms with Crippen LogP contribution in [0.15, 0.2) is 72.9 Å². The molecule has 0 unspecified atom stereocenters. The van der Waals surface area contributed by atoms with Crippen LogP contribution in [0.25, 0.3) is 12.2 Å². The highest BCUT2D eigenvalue weighted by molar-refractivity contribution is 7.80. The summed E-state index contributed by atoms with van der Waals surface area (Å²) in [6, 6.07) is 22.2. The average molecular weight is 374 g/mol. The number of nitrogens with zero attached hydrogens (tertiary/aromatic N) is 1. The zero-order valence-corrected chi connectivity index (χ0v) is 16.3. The van der Waals surface area contributed by atoms with Crippen LogP contribution < -0.4 is 10.6 Å². The second-order valence-corrected chi connectivity index (χ2v) is 6.94. The highest BCUT2D eigenvalue weighted by Gasteiger charge is 2.07. The largest absolute Gasteiger partial charge is 0.332 e. The van der Waals surface area contributed by atoms with Gasteiger partial charge in [-0.1, -0.05) is 56.3 Å². The Hall–Kier alpha value is -2.98. The zero-order chi connectivity index (χ0) is 19.1. The number of para-hydroxylation sites is 1. The van der Waals surface area contributed by atoms with Crippen molar-refractivity contribution in [2.45, 2.75) is 19.8 Å². The van der Waals surface area contributed by atoms with E-state index in [-0.39, 0.29) is 0 Å². The first-order valence-electron chi connectivity index (χ1n) is 8.98. The quantitative estimate of drug-likeness (QED) is 0.523. The van der Waals surface area contributed by atoms with Crippen molar-refractivity contribution in [1.82, 2.24) is 4.98 Å². The molecule has 0 aliphatic heterocycles. The summed E-state index contributed by atoms with van der Waals surface area (Å²) in [5, 5.41) is 7.15. The van der Waals surface area contributed by atoms with Crippen molar-refractivity contribution in [1.29, 1.82) is 0 Å². The molecule has 3 rings (SSSR count). The van der Waals surface area contributed by atoms with E-state index in [1.54, 1.807) is 6.20 Å². The lowest BCUT2D eigenvalue weighted by atomic mass is 10.0. The van der Waals surface area contributed by atoms with Crippen LogP contribution in [0.1, 0.15) is 36.6 Å². The van der Waals surface area contributed by atoms with E-state index in [2.05, 4.69) is 53.7 Å². The maximum atomic E-state index is 5.50. The molecule has 2 N–H and O–H groups in total. The minimum Gasteiger partial charge on any atom is -0.332 e. The van der Waals surface area contributed by atoms with E-state index in [0.29, 0.717) is 11.0 Å². The van der Waals surface area contributed by atoms with Crippen molar-refractivity contribution in [2.24, 2.45) is 0 Å². The Morgan fingerprint density at radius 1 is 0.926 bits per heavy atom. The number of aromatic nitrogens is 1. The first kappa shape index (κ1) is 18.8. The molecule has 3 aromatic rings. The molecule has 1 aromatic heterocycles. The fraction of sp³-hybridized carbons (Fsp3) is 0.130. The van der Waals surface area contributed by atoms with Crippen LogP contribution in [0, 0.1) is 0 Å². The number of nitrogens with one attached hydrogen (secondary N) is 2. The van der Waals surface area contributed by atoms with E-state index in [9.17, 15) is 0 Å². The fourth-order valence-electron chi connectivity index (χ4n) is 2.78. The highest BCUT2D eigenvalue weighted by atomic mass is 32.1. The minimum atomic E-state index is 0.427. The summed E-state index contributed by atoms with van der Waals surface area (Å²) in [7, 11) is 0. The molecule has 4 heteroatoms. The maximum Gasteiger partial charge on any atom is 0.175 e. The van der Waals surface area contributed by atoms with Gasteiger partial charge >= 0.3 is 0 Å². The van der Waals surface area contributed by atoms with Crippen LogP contribution in [-0.4, -0.2) is 10.1 Å². The number of hydrogen-bond donors (Lipinski definition) is 2. The first-order valence-corrected chi connectivity index (χ1v) is 9.39. The molecule has 27 heavy (non-hydrogen) atoms. The van der Waals surface area contributed by atoms with Gasteiger partial charge in [-0.05, 0) is 65.7 Å². The third-order valence-electron chi connectivity index (χ3n) is 4.11. The van der Waals surface area contributed by atoms with Crippen molar-refractivity contribution in [3.63, 3.8) is 0 Å². The van der Waals surface area contributed by atoms with E-state index in [0.717, 1.165) is 22.6 Å². The van der Waals surface area contributed by atoms with Gasteiger partial charge in [-0.2, -0.15) is 0 Å². The smallest absolute Gasteiger partial charge is 0.175 e. The van der Waals surface area contributed by atoms with Crippen LogP contribution >= 0.6 is 12.2 Å². The van der Waals surface area contributed by atoms with Gasteiger partial charge < -0.3 is 10.6 Å². The summed E-state index contributed by atoms with van der Waals surface area (Å²) in [5.74, 6) is 0.427. The Kier molecular flexibility index (Phi) is 6.34. The van der Waals surface area contributed by atoms with Crippen molar-refractivity contribution < 1.29 is 0 Å². The molecule has 0 bridgehead atoms. The maximum absolute atomic E-state index is 5.50. The van der Waals surface area contributed by atoms with Gasteiger partial charge in [-0.15, -0.1) is 0 Å². The van der Waals surface area contributed by atoms with Crippen LogP contribution in [-0.2, 0) is 0 Å². The van der Waals surface area contributed by atoms with Crippen molar-refractivity contribution in [3.8, 4) is 0 Å². The number of thiocarbonyl (C=S) groups is 1. The number of rotatable bonds is 5. The van der Waals surface area contributed by atoms with Crippen molar-refractivity contribution in [3.05, 3.63) is 89.7 Å². The Bertz CT molecular complexity index is 933. The van der Waals surface area contributed by atoms with Crippen LogP contribution in [0.2, 0.25) is 0 Å². The monoisotopic (exact) mass is 373 g/mol. The molecule has 0 amide bonds. The molecule has 3 nitrogen and oxygen atoms in total.